The largest absolute Gasteiger partial charge is 0.374 e. The molecule has 13 heavy (non-hydrogen) atoms. The monoisotopic (exact) mass is 175 g/mol. The standard InChI is InChI=1S/C9H9N3O/c13-7-12-5-3-9(11-12)8-2-1-4-10-6-8/h1-6,13H,7H2. The molecule has 0 atom stereocenters. The van der Waals surface area contributed by atoms with Crippen molar-refractivity contribution in [3.63, 3.8) is 0 Å². The third-order valence-electron chi connectivity index (χ3n) is 1.74. The Kier molecular flexibility index (Phi) is 2.06. The van der Waals surface area contributed by atoms with Gasteiger partial charge in [-0.2, -0.15) is 5.10 Å². The van der Waals surface area contributed by atoms with Gasteiger partial charge in [-0.05, 0) is 18.2 Å². The van der Waals surface area contributed by atoms with Gasteiger partial charge in [0, 0.05) is 24.2 Å². The molecule has 0 saturated heterocycles. The SMILES string of the molecule is OCn1ccc(-c2cccnc2)n1. The summed E-state index contributed by atoms with van der Waals surface area (Å²) in [6.45, 7) is -0.0970. The zero-order valence-corrected chi connectivity index (χ0v) is 6.96. The number of aromatic nitrogens is 3. The fraction of sp³-hybridized carbons (Fsp3) is 0.111. The molecular formula is C9H9N3O. The minimum Gasteiger partial charge on any atom is -0.374 e. The van der Waals surface area contributed by atoms with Gasteiger partial charge in [-0.25, -0.2) is 4.68 Å². The van der Waals surface area contributed by atoms with E-state index in [0.29, 0.717) is 0 Å². The molecule has 4 heteroatoms. The summed E-state index contributed by atoms with van der Waals surface area (Å²) in [5.41, 5.74) is 1.77. The molecule has 0 spiro atoms. The van der Waals surface area contributed by atoms with Gasteiger partial charge in [0.05, 0.1) is 5.69 Å². The normalized spacial score (nSPS) is 10.2. The summed E-state index contributed by atoms with van der Waals surface area (Å²) in [5, 5.41) is 12.9. The minimum absolute atomic E-state index is 0.0970. The van der Waals surface area contributed by atoms with Crippen LogP contribution in [0.3, 0.4) is 0 Å². The summed E-state index contributed by atoms with van der Waals surface area (Å²) in [7, 11) is 0. The van der Waals surface area contributed by atoms with Crippen molar-refractivity contribution in [1.29, 1.82) is 0 Å². The van der Waals surface area contributed by atoms with Crippen LogP contribution in [0.5, 0.6) is 0 Å². The predicted octanol–water partition coefficient (Wildman–Crippen LogP) is 0.895. The summed E-state index contributed by atoms with van der Waals surface area (Å²) < 4.78 is 1.46. The Balaban J connectivity index is 2.36. The third-order valence-corrected chi connectivity index (χ3v) is 1.74. The van der Waals surface area contributed by atoms with E-state index in [9.17, 15) is 0 Å². The maximum atomic E-state index is 8.78. The van der Waals surface area contributed by atoms with Crippen molar-refractivity contribution < 1.29 is 5.11 Å². The minimum atomic E-state index is -0.0970. The molecule has 0 aliphatic heterocycles. The smallest absolute Gasteiger partial charge is 0.136 e. The van der Waals surface area contributed by atoms with E-state index in [2.05, 4.69) is 10.1 Å². The van der Waals surface area contributed by atoms with Gasteiger partial charge in [-0.3, -0.25) is 4.98 Å². The maximum Gasteiger partial charge on any atom is 0.136 e. The van der Waals surface area contributed by atoms with E-state index in [1.165, 1.54) is 4.68 Å². The molecule has 1 N–H and O–H groups in total. The second-order valence-corrected chi connectivity index (χ2v) is 2.62. The molecule has 0 saturated carbocycles. The van der Waals surface area contributed by atoms with Crippen molar-refractivity contribution in [3.8, 4) is 11.3 Å². The fourth-order valence-corrected chi connectivity index (χ4v) is 1.11. The molecule has 0 fully saturated rings. The molecule has 0 amide bonds. The number of rotatable bonds is 2. The van der Waals surface area contributed by atoms with Crippen LogP contribution in [0.2, 0.25) is 0 Å². The number of aliphatic hydroxyl groups is 1. The average Bonchev–Trinajstić information content (AvgIpc) is 2.67. The second kappa shape index (κ2) is 3.37. The van der Waals surface area contributed by atoms with Gasteiger partial charge in [0.1, 0.15) is 6.73 Å². The molecule has 0 aromatic carbocycles. The summed E-state index contributed by atoms with van der Waals surface area (Å²) in [6.07, 6.45) is 5.18. The molecule has 0 aliphatic rings. The van der Waals surface area contributed by atoms with E-state index in [-0.39, 0.29) is 6.73 Å². The molecule has 0 unspecified atom stereocenters. The lowest BCUT2D eigenvalue weighted by Gasteiger charge is -1.94. The zero-order valence-electron chi connectivity index (χ0n) is 6.96. The summed E-state index contributed by atoms with van der Waals surface area (Å²) in [4.78, 5) is 3.98. The number of hydrogen-bond donors (Lipinski definition) is 1. The van der Waals surface area contributed by atoms with Gasteiger partial charge in [0.25, 0.3) is 0 Å². The highest BCUT2D eigenvalue weighted by Crippen LogP contribution is 2.14. The van der Waals surface area contributed by atoms with E-state index < -0.39 is 0 Å². The number of pyridine rings is 1. The Morgan fingerprint density at radius 3 is 2.92 bits per heavy atom. The topological polar surface area (TPSA) is 50.9 Å². The molecule has 0 radical (unpaired) electrons. The first-order valence-corrected chi connectivity index (χ1v) is 3.95. The van der Waals surface area contributed by atoms with Gasteiger partial charge in [0.15, 0.2) is 0 Å². The Bertz CT molecular complexity index is 383. The molecule has 66 valence electrons. The third kappa shape index (κ3) is 1.57. The van der Waals surface area contributed by atoms with E-state index in [1.807, 2.05) is 18.2 Å². The maximum absolute atomic E-state index is 8.78. The second-order valence-electron chi connectivity index (χ2n) is 2.62. The first kappa shape index (κ1) is 7.94. The van der Waals surface area contributed by atoms with E-state index >= 15 is 0 Å². The van der Waals surface area contributed by atoms with Gasteiger partial charge in [0.2, 0.25) is 0 Å². The highest BCUT2D eigenvalue weighted by Gasteiger charge is 2.00. The van der Waals surface area contributed by atoms with Gasteiger partial charge < -0.3 is 5.11 Å². The summed E-state index contributed by atoms with van der Waals surface area (Å²) in [6, 6.07) is 5.62. The van der Waals surface area contributed by atoms with Crippen LogP contribution in [0.1, 0.15) is 0 Å². The van der Waals surface area contributed by atoms with Crippen LogP contribution in [0.15, 0.2) is 36.8 Å². The summed E-state index contributed by atoms with van der Waals surface area (Å²) in [5.74, 6) is 0. The molecule has 2 heterocycles. The highest BCUT2D eigenvalue weighted by molar-refractivity contribution is 5.56. The van der Waals surface area contributed by atoms with Gasteiger partial charge in [-0.15, -0.1) is 0 Å². The van der Waals surface area contributed by atoms with Crippen LogP contribution in [-0.4, -0.2) is 19.9 Å². The van der Waals surface area contributed by atoms with E-state index in [4.69, 9.17) is 5.11 Å². The van der Waals surface area contributed by atoms with Crippen LogP contribution in [0, 0.1) is 0 Å². The fourth-order valence-electron chi connectivity index (χ4n) is 1.11. The van der Waals surface area contributed by atoms with Crippen molar-refractivity contribution in [2.45, 2.75) is 6.73 Å². The highest BCUT2D eigenvalue weighted by atomic mass is 16.3. The lowest BCUT2D eigenvalue weighted by atomic mass is 10.2. The molecule has 4 nitrogen and oxygen atoms in total. The lowest BCUT2D eigenvalue weighted by Crippen LogP contribution is -1.96. The van der Waals surface area contributed by atoms with E-state index in [0.717, 1.165) is 11.3 Å². The van der Waals surface area contributed by atoms with Crippen molar-refractivity contribution in [1.82, 2.24) is 14.8 Å². The van der Waals surface area contributed by atoms with Crippen LogP contribution in [0.25, 0.3) is 11.3 Å². The van der Waals surface area contributed by atoms with Crippen LogP contribution in [0.4, 0.5) is 0 Å². The Hall–Kier alpha value is -1.68. The molecule has 2 aromatic heterocycles. The van der Waals surface area contributed by atoms with Crippen molar-refractivity contribution in [3.05, 3.63) is 36.8 Å². The van der Waals surface area contributed by atoms with Gasteiger partial charge in [-0.1, -0.05) is 0 Å². The molecule has 0 bridgehead atoms. The Labute approximate surface area is 75.5 Å². The molecular weight excluding hydrogens is 166 g/mol. The predicted molar refractivity (Wildman–Crippen MR) is 47.7 cm³/mol. The Morgan fingerprint density at radius 1 is 1.38 bits per heavy atom. The number of hydrogen-bond acceptors (Lipinski definition) is 3. The zero-order chi connectivity index (χ0) is 9.10. The molecule has 0 aliphatic carbocycles. The van der Waals surface area contributed by atoms with Crippen LogP contribution < -0.4 is 0 Å². The lowest BCUT2D eigenvalue weighted by molar-refractivity contribution is 0.195. The Morgan fingerprint density at radius 2 is 2.31 bits per heavy atom. The van der Waals surface area contributed by atoms with Crippen LogP contribution >= 0.6 is 0 Å². The van der Waals surface area contributed by atoms with Crippen molar-refractivity contribution in [2.24, 2.45) is 0 Å². The number of nitrogens with zero attached hydrogens (tertiary/aromatic N) is 3. The van der Waals surface area contributed by atoms with Gasteiger partial charge >= 0.3 is 0 Å². The number of aliphatic hydroxyl groups excluding tert-OH is 1. The first-order valence-electron chi connectivity index (χ1n) is 3.95. The van der Waals surface area contributed by atoms with E-state index in [1.54, 1.807) is 18.6 Å². The first-order chi connectivity index (χ1) is 6.40. The quantitative estimate of drug-likeness (QED) is 0.737. The molecule has 2 aromatic rings. The van der Waals surface area contributed by atoms with Crippen molar-refractivity contribution in [2.75, 3.05) is 0 Å². The van der Waals surface area contributed by atoms with Crippen molar-refractivity contribution >= 4 is 0 Å². The molecule has 2 rings (SSSR count). The average molecular weight is 175 g/mol. The summed E-state index contributed by atoms with van der Waals surface area (Å²) >= 11 is 0. The van der Waals surface area contributed by atoms with Crippen LogP contribution in [-0.2, 0) is 6.73 Å².